The number of carbonyl (C=O) groups excluding carboxylic acids is 1. The lowest BCUT2D eigenvalue weighted by molar-refractivity contribution is -0.143. The van der Waals surface area contributed by atoms with Gasteiger partial charge >= 0.3 is 5.97 Å². The molecule has 7 nitrogen and oxygen atoms in total. The van der Waals surface area contributed by atoms with Crippen LogP contribution in [0.4, 0.5) is 0 Å². The monoisotopic (exact) mass is 814 g/mol. The molecule has 0 saturated heterocycles. The second-order valence-corrected chi connectivity index (χ2v) is 15.9. The molecule has 0 fully saturated rings. The second kappa shape index (κ2) is 17.8. The highest BCUT2D eigenvalue weighted by Crippen LogP contribution is 2.40. The Bertz CT molecular complexity index is 3000. The molecule has 2 aliphatic heterocycles. The predicted octanol–water partition coefficient (Wildman–Crippen LogP) is 13.8. The minimum absolute atomic E-state index is 0.138. The van der Waals surface area contributed by atoms with Crippen LogP contribution in [0, 0.1) is 20.8 Å². The molecule has 0 saturated carbocycles. The molecule has 9 rings (SSSR count). The lowest BCUT2D eigenvalue weighted by Crippen LogP contribution is -2.04. The Morgan fingerprint density at radius 3 is 1.35 bits per heavy atom. The summed E-state index contributed by atoms with van der Waals surface area (Å²) in [4.78, 5) is 30.4. The van der Waals surface area contributed by atoms with E-state index in [4.69, 9.17) is 19.4 Å². The first kappa shape index (κ1) is 40.2. The standard InChI is InChI=1S/C55H50N4O3/c1-5-61-51(60)21-7-6-14-34-62-39-24-22-38(23-25-39)52-43-26-28-45(56-43)53(40-18-11-8-15-35(40)2)47-30-32-49(58-47)55(42-20-13-10-17-37(42)4)50-33-31-48(59-50)54(46-29-27-44(52)57-46)41-19-12-9-16-36(41)3/h8-13,15-20,22-33,56,59H,5-7,14,21,34H2,1-4H3. The number of carbonyl (C=O) groups is 1. The summed E-state index contributed by atoms with van der Waals surface area (Å²) in [5, 5.41) is 0. The Morgan fingerprint density at radius 2 is 0.919 bits per heavy atom. The molecule has 5 heterocycles. The van der Waals surface area contributed by atoms with Gasteiger partial charge in [-0.25, -0.2) is 9.97 Å². The molecule has 62 heavy (non-hydrogen) atoms. The number of hydrogen-bond acceptors (Lipinski definition) is 5. The van der Waals surface area contributed by atoms with Crippen LogP contribution in [0.15, 0.2) is 121 Å². The van der Waals surface area contributed by atoms with Crippen molar-refractivity contribution in [3.8, 4) is 50.3 Å². The second-order valence-electron chi connectivity index (χ2n) is 15.9. The number of esters is 1. The first-order valence-electron chi connectivity index (χ1n) is 21.6. The van der Waals surface area contributed by atoms with Crippen LogP contribution in [0.2, 0.25) is 0 Å². The van der Waals surface area contributed by atoms with Gasteiger partial charge in [-0.15, -0.1) is 0 Å². The predicted molar refractivity (Wildman–Crippen MR) is 255 cm³/mol. The van der Waals surface area contributed by atoms with Gasteiger partial charge in [0.2, 0.25) is 0 Å². The van der Waals surface area contributed by atoms with Crippen LogP contribution in [0.5, 0.6) is 5.75 Å². The molecule has 0 atom stereocenters. The fourth-order valence-electron chi connectivity index (χ4n) is 8.61. The lowest BCUT2D eigenvalue weighted by Gasteiger charge is -2.10. The summed E-state index contributed by atoms with van der Waals surface area (Å²) in [6.07, 6.45) is 11.6. The number of hydrogen-bond donors (Lipinski definition) is 2. The van der Waals surface area contributed by atoms with E-state index in [1.54, 1.807) is 0 Å². The maximum absolute atomic E-state index is 11.7. The third-order valence-corrected chi connectivity index (χ3v) is 11.7. The van der Waals surface area contributed by atoms with Gasteiger partial charge in [0, 0.05) is 50.7 Å². The first-order chi connectivity index (χ1) is 30.4. The fraction of sp³-hybridized carbons (Fsp3) is 0.182. The van der Waals surface area contributed by atoms with Crippen molar-refractivity contribution in [1.82, 2.24) is 19.9 Å². The quantitative estimate of drug-likeness (QED) is 0.0946. The lowest BCUT2D eigenvalue weighted by atomic mass is 9.99. The number of unbranched alkanes of at least 4 members (excludes halogenated alkanes) is 2. The van der Waals surface area contributed by atoms with Crippen LogP contribution in [-0.4, -0.2) is 39.1 Å². The Kier molecular flexibility index (Phi) is 11.5. The minimum Gasteiger partial charge on any atom is -0.494 e. The SMILES string of the molecule is CCOC(=O)CCCCCOc1ccc(-c2c3nc(c(-c4ccccc4C)c4ccc([nH]4)c(-c4ccccc4C)c4nc(c(-c5ccccc5C)c5ccc2[nH]5)C=C4)C=C3)cc1. The summed E-state index contributed by atoms with van der Waals surface area (Å²) in [7, 11) is 0. The van der Waals surface area contributed by atoms with Gasteiger partial charge in [0.05, 0.1) is 36.0 Å². The Hall–Kier alpha value is -7.25. The average Bonchev–Trinajstić information content (AvgIpc) is 4.13. The average molecular weight is 815 g/mol. The zero-order valence-electron chi connectivity index (χ0n) is 35.7. The molecule has 0 unspecified atom stereocenters. The maximum atomic E-state index is 11.7. The molecule has 0 amide bonds. The molecule has 0 radical (unpaired) electrons. The molecule has 7 aromatic rings. The number of nitrogens with zero attached hydrogens (tertiary/aromatic N) is 2. The molecule has 8 bridgehead atoms. The summed E-state index contributed by atoms with van der Waals surface area (Å²) in [6, 6.07) is 42.5. The van der Waals surface area contributed by atoms with Crippen LogP contribution in [0.3, 0.4) is 0 Å². The molecule has 0 spiro atoms. The fourth-order valence-corrected chi connectivity index (χ4v) is 8.61. The van der Waals surface area contributed by atoms with E-state index in [0.717, 1.165) is 125 Å². The van der Waals surface area contributed by atoms with Gasteiger partial charge in [0.25, 0.3) is 0 Å². The van der Waals surface area contributed by atoms with Crippen LogP contribution in [-0.2, 0) is 9.53 Å². The Balaban J connectivity index is 1.27. The molecule has 4 aromatic carbocycles. The van der Waals surface area contributed by atoms with Crippen LogP contribution in [0.25, 0.3) is 90.9 Å². The van der Waals surface area contributed by atoms with Crippen LogP contribution < -0.4 is 4.74 Å². The van der Waals surface area contributed by atoms with Crippen molar-refractivity contribution in [3.63, 3.8) is 0 Å². The van der Waals surface area contributed by atoms with Gasteiger partial charge in [-0.05, 0) is 147 Å². The maximum Gasteiger partial charge on any atom is 0.305 e. The third kappa shape index (κ3) is 8.14. The number of aromatic amines is 2. The van der Waals surface area contributed by atoms with Gasteiger partial charge in [-0.1, -0.05) is 84.9 Å². The topological polar surface area (TPSA) is 92.9 Å². The summed E-state index contributed by atoms with van der Waals surface area (Å²) in [5.41, 5.74) is 19.3. The Labute approximate surface area is 362 Å². The third-order valence-electron chi connectivity index (χ3n) is 11.7. The summed E-state index contributed by atoms with van der Waals surface area (Å²) in [5.74, 6) is 0.657. The largest absolute Gasteiger partial charge is 0.494 e. The van der Waals surface area contributed by atoms with E-state index in [1.807, 2.05) is 19.1 Å². The number of aromatic nitrogens is 4. The van der Waals surface area contributed by atoms with E-state index in [2.05, 4.69) is 164 Å². The smallest absolute Gasteiger partial charge is 0.305 e. The zero-order valence-corrected chi connectivity index (χ0v) is 35.7. The summed E-state index contributed by atoms with van der Waals surface area (Å²) < 4.78 is 11.2. The number of benzene rings is 4. The van der Waals surface area contributed by atoms with Gasteiger partial charge in [0.15, 0.2) is 0 Å². The highest BCUT2D eigenvalue weighted by molar-refractivity contribution is 6.00. The van der Waals surface area contributed by atoms with Crippen molar-refractivity contribution in [2.24, 2.45) is 0 Å². The van der Waals surface area contributed by atoms with E-state index in [-0.39, 0.29) is 5.97 Å². The molecule has 7 heteroatoms. The number of aryl methyl sites for hydroxylation is 3. The van der Waals surface area contributed by atoms with E-state index in [1.165, 1.54) is 5.56 Å². The van der Waals surface area contributed by atoms with Gasteiger partial charge in [0.1, 0.15) is 5.75 Å². The molecule has 2 N–H and O–H groups in total. The summed E-state index contributed by atoms with van der Waals surface area (Å²) >= 11 is 0. The molecular formula is C55H50N4O3. The number of rotatable bonds is 12. The molecule has 308 valence electrons. The van der Waals surface area contributed by atoms with Gasteiger partial charge < -0.3 is 19.4 Å². The normalized spacial score (nSPS) is 11.9. The molecule has 3 aromatic heterocycles. The molecular weight excluding hydrogens is 765 g/mol. The summed E-state index contributed by atoms with van der Waals surface area (Å²) in [6.45, 7) is 9.30. The number of nitrogens with one attached hydrogen (secondary N) is 2. The van der Waals surface area contributed by atoms with Crippen molar-refractivity contribution in [2.45, 2.75) is 53.4 Å². The number of ether oxygens (including phenoxy) is 2. The Morgan fingerprint density at radius 1 is 0.500 bits per heavy atom. The molecule has 0 aliphatic carbocycles. The van der Waals surface area contributed by atoms with E-state index in [0.29, 0.717) is 19.6 Å². The van der Waals surface area contributed by atoms with Crippen molar-refractivity contribution >= 4 is 52.3 Å². The van der Waals surface area contributed by atoms with Crippen LogP contribution >= 0.6 is 0 Å². The van der Waals surface area contributed by atoms with E-state index < -0.39 is 0 Å². The van der Waals surface area contributed by atoms with E-state index in [9.17, 15) is 4.79 Å². The highest BCUT2D eigenvalue weighted by atomic mass is 16.5. The molecule has 2 aliphatic rings. The van der Waals surface area contributed by atoms with Gasteiger partial charge in [-0.2, -0.15) is 0 Å². The first-order valence-corrected chi connectivity index (χ1v) is 21.6. The van der Waals surface area contributed by atoms with Crippen molar-refractivity contribution in [1.29, 1.82) is 0 Å². The van der Waals surface area contributed by atoms with Crippen LogP contribution in [0.1, 0.15) is 72.1 Å². The van der Waals surface area contributed by atoms with Gasteiger partial charge in [-0.3, -0.25) is 4.79 Å². The highest BCUT2D eigenvalue weighted by Gasteiger charge is 2.20. The van der Waals surface area contributed by atoms with Crippen molar-refractivity contribution in [3.05, 3.63) is 161 Å². The zero-order chi connectivity index (χ0) is 42.6. The van der Waals surface area contributed by atoms with Crippen molar-refractivity contribution < 1.29 is 14.3 Å². The minimum atomic E-state index is -0.138. The van der Waals surface area contributed by atoms with Crippen molar-refractivity contribution in [2.75, 3.05) is 13.2 Å². The van der Waals surface area contributed by atoms with E-state index >= 15 is 0 Å². The number of fused-ring (bicyclic) bond motifs is 8. The number of H-pyrrole nitrogens is 2.